The summed E-state index contributed by atoms with van der Waals surface area (Å²) in [5, 5.41) is 50.2. The lowest BCUT2D eigenvalue weighted by molar-refractivity contribution is -0.220. The average molecular weight is 861 g/mol. The number of phosphoric ester groups is 1. The van der Waals surface area contributed by atoms with Crippen LogP contribution in [0.15, 0.2) is 36.5 Å². The SMILES string of the molecule is CCCC/C=C\C/C=C\CCCCCCCCOCC(COP(=O)(O)OC1C(O)C(O)C(O)C(O)C1O)OC(=O)CCCCCCCCC/C=C\CCCCCCCC. The van der Waals surface area contributed by atoms with Crippen molar-refractivity contribution in [3.63, 3.8) is 0 Å². The van der Waals surface area contributed by atoms with Crippen LogP contribution < -0.4 is 0 Å². The fourth-order valence-electron chi connectivity index (χ4n) is 6.95. The number of carbonyl (C=O) groups is 1. The van der Waals surface area contributed by atoms with Gasteiger partial charge in [-0.3, -0.25) is 13.8 Å². The largest absolute Gasteiger partial charge is 0.472 e. The summed E-state index contributed by atoms with van der Waals surface area (Å²) in [6, 6.07) is 0. The maximum atomic E-state index is 12.8. The second-order valence-corrected chi connectivity index (χ2v) is 17.7. The Hall–Kier alpha value is -1.44. The average Bonchev–Trinajstić information content (AvgIpc) is 3.22. The van der Waals surface area contributed by atoms with E-state index in [0.29, 0.717) is 13.0 Å². The lowest BCUT2D eigenvalue weighted by Gasteiger charge is -2.41. The van der Waals surface area contributed by atoms with Crippen molar-refractivity contribution >= 4 is 13.8 Å². The van der Waals surface area contributed by atoms with Gasteiger partial charge in [-0.2, -0.15) is 0 Å². The standard InChI is InChI=1S/C46H85O12P/c1-3-5-7-9-11-13-15-17-19-20-21-23-25-27-29-31-33-35-40(47)57-39(38-56-59(53,54)58-46-44(51)42(49)41(48)43(50)45(46)52)37-55-36-34-32-30-28-26-24-22-18-16-14-12-10-8-6-4-2/h10,12,16-19,39,41-46,48-52H,3-9,11,13-15,20-38H2,1-2H3,(H,53,54)/b12-10-,18-16-,19-17-. The summed E-state index contributed by atoms with van der Waals surface area (Å²) < 4.78 is 34.2. The molecule has 0 spiro atoms. The van der Waals surface area contributed by atoms with Gasteiger partial charge in [-0.15, -0.1) is 0 Å². The first-order valence-electron chi connectivity index (χ1n) is 23.3. The van der Waals surface area contributed by atoms with E-state index in [4.69, 9.17) is 18.5 Å². The lowest BCUT2D eigenvalue weighted by atomic mass is 9.85. The van der Waals surface area contributed by atoms with Gasteiger partial charge in [-0.1, -0.05) is 153 Å². The first-order valence-corrected chi connectivity index (χ1v) is 24.8. The zero-order valence-corrected chi connectivity index (χ0v) is 37.7. The van der Waals surface area contributed by atoms with E-state index in [0.717, 1.165) is 83.5 Å². The molecule has 6 unspecified atom stereocenters. The Labute approximate surface area is 357 Å². The molecule has 12 nitrogen and oxygen atoms in total. The van der Waals surface area contributed by atoms with Crippen LogP contribution in [0, 0.1) is 0 Å². The molecular weight excluding hydrogens is 775 g/mol. The molecular formula is C46H85O12P. The monoisotopic (exact) mass is 861 g/mol. The first-order chi connectivity index (χ1) is 28.5. The van der Waals surface area contributed by atoms with Gasteiger partial charge in [0.1, 0.15) is 42.7 Å². The number of ether oxygens (including phenoxy) is 2. The van der Waals surface area contributed by atoms with Gasteiger partial charge >= 0.3 is 13.8 Å². The number of phosphoric acid groups is 1. The van der Waals surface area contributed by atoms with Gasteiger partial charge in [0, 0.05) is 13.0 Å². The highest BCUT2D eigenvalue weighted by Gasteiger charge is 2.51. The van der Waals surface area contributed by atoms with Crippen molar-refractivity contribution in [1.29, 1.82) is 0 Å². The zero-order valence-electron chi connectivity index (χ0n) is 36.8. The minimum Gasteiger partial charge on any atom is -0.457 e. The highest BCUT2D eigenvalue weighted by molar-refractivity contribution is 7.47. The summed E-state index contributed by atoms with van der Waals surface area (Å²) in [5.41, 5.74) is 0. The molecule has 0 saturated heterocycles. The van der Waals surface area contributed by atoms with E-state index >= 15 is 0 Å². The molecule has 0 amide bonds. The van der Waals surface area contributed by atoms with Crippen LogP contribution in [0.3, 0.4) is 0 Å². The molecule has 1 aliphatic rings. The van der Waals surface area contributed by atoms with Crippen LogP contribution in [-0.2, 0) is 27.9 Å². The molecule has 59 heavy (non-hydrogen) atoms. The normalized spacial score (nSPS) is 22.8. The third-order valence-corrected chi connectivity index (χ3v) is 11.7. The number of unbranched alkanes of at least 4 members (excludes halogenated alkanes) is 21. The lowest BCUT2D eigenvalue weighted by Crippen LogP contribution is -2.64. The van der Waals surface area contributed by atoms with Crippen molar-refractivity contribution < 1.29 is 58.3 Å². The number of aliphatic hydroxyl groups is 5. The van der Waals surface area contributed by atoms with Crippen molar-refractivity contribution in [3.8, 4) is 0 Å². The molecule has 0 heterocycles. The molecule has 346 valence electrons. The number of hydrogen-bond acceptors (Lipinski definition) is 11. The van der Waals surface area contributed by atoms with Crippen LogP contribution in [0.4, 0.5) is 0 Å². The topological polar surface area (TPSA) is 192 Å². The quantitative estimate of drug-likeness (QED) is 0.0149. The highest BCUT2D eigenvalue weighted by atomic mass is 31.2. The Balaban J connectivity index is 2.40. The number of carbonyl (C=O) groups excluding carboxylic acids is 1. The molecule has 1 saturated carbocycles. The molecule has 0 radical (unpaired) electrons. The molecule has 0 aromatic carbocycles. The molecule has 0 aromatic heterocycles. The number of aliphatic hydroxyl groups excluding tert-OH is 5. The molecule has 1 fully saturated rings. The van der Waals surface area contributed by atoms with Crippen LogP contribution >= 0.6 is 7.82 Å². The van der Waals surface area contributed by atoms with Gasteiger partial charge in [-0.05, 0) is 64.2 Å². The predicted molar refractivity (Wildman–Crippen MR) is 235 cm³/mol. The van der Waals surface area contributed by atoms with E-state index in [1.54, 1.807) is 0 Å². The van der Waals surface area contributed by atoms with Gasteiger partial charge in [0.15, 0.2) is 0 Å². The Morgan fingerprint density at radius 1 is 0.542 bits per heavy atom. The smallest absolute Gasteiger partial charge is 0.457 e. The number of rotatable bonds is 39. The molecule has 6 atom stereocenters. The van der Waals surface area contributed by atoms with Gasteiger partial charge in [0.05, 0.1) is 13.2 Å². The maximum absolute atomic E-state index is 12.8. The van der Waals surface area contributed by atoms with Crippen molar-refractivity contribution in [2.45, 2.75) is 230 Å². The van der Waals surface area contributed by atoms with Crippen LogP contribution in [0.1, 0.15) is 187 Å². The molecule has 0 bridgehead atoms. The van der Waals surface area contributed by atoms with Gasteiger partial charge in [0.25, 0.3) is 0 Å². The van der Waals surface area contributed by atoms with E-state index in [2.05, 4.69) is 50.3 Å². The first kappa shape index (κ1) is 55.6. The maximum Gasteiger partial charge on any atom is 0.472 e. The summed E-state index contributed by atoms with van der Waals surface area (Å²) in [6.07, 6.45) is 30.6. The molecule has 6 N–H and O–H groups in total. The summed E-state index contributed by atoms with van der Waals surface area (Å²) in [4.78, 5) is 23.2. The number of esters is 1. The van der Waals surface area contributed by atoms with Crippen molar-refractivity contribution in [2.75, 3.05) is 19.8 Å². The molecule has 1 rings (SSSR count). The van der Waals surface area contributed by atoms with E-state index in [1.807, 2.05) is 0 Å². The van der Waals surface area contributed by atoms with Crippen LogP contribution in [-0.4, -0.2) is 98.9 Å². The van der Waals surface area contributed by atoms with Gasteiger partial charge in [-0.25, -0.2) is 4.57 Å². The number of hydrogen-bond donors (Lipinski definition) is 6. The number of allylic oxidation sites excluding steroid dienone is 6. The van der Waals surface area contributed by atoms with E-state index < -0.39 is 63.1 Å². The van der Waals surface area contributed by atoms with Crippen LogP contribution in [0.25, 0.3) is 0 Å². The summed E-state index contributed by atoms with van der Waals surface area (Å²) >= 11 is 0. The summed E-state index contributed by atoms with van der Waals surface area (Å²) in [6.45, 7) is 4.19. The summed E-state index contributed by atoms with van der Waals surface area (Å²) in [5.74, 6) is -0.486. The Bertz CT molecular complexity index is 1120. The van der Waals surface area contributed by atoms with Gasteiger partial charge in [0.2, 0.25) is 0 Å². The minimum atomic E-state index is -5.02. The van der Waals surface area contributed by atoms with Crippen molar-refractivity contribution in [1.82, 2.24) is 0 Å². The zero-order chi connectivity index (χ0) is 43.4. The van der Waals surface area contributed by atoms with E-state index in [1.165, 1.54) is 77.0 Å². The third kappa shape index (κ3) is 29.5. The Morgan fingerprint density at radius 2 is 0.966 bits per heavy atom. The second-order valence-electron chi connectivity index (χ2n) is 16.2. The predicted octanol–water partition coefficient (Wildman–Crippen LogP) is 9.48. The highest BCUT2D eigenvalue weighted by Crippen LogP contribution is 2.47. The molecule has 13 heteroatoms. The molecule has 0 aromatic rings. The van der Waals surface area contributed by atoms with E-state index in [9.17, 15) is 39.8 Å². The van der Waals surface area contributed by atoms with Gasteiger partial charge < -0.3 is 39.9 Å². The minimum absolute atomic E-state index is 0.0849. The molecule has 0 aliphatic heterocycles. The second kappa shape index (κ2) is 37.1. The van der Waals surface area contributed by atoms with Crippen LogP contribution in [0.2, 0.25) is 0 Å². The van der Waals surface area contributed by atoms with Crippen LogP contribution in [0.5, 0.6) is 0 Å². The van der Waals surface area contributed by atoms with Crippen molar-refractivity contribution in [2.24, 2.45) is 0 Å². The van der Waals surface area contributed by atoms with Crippen molar-refractivity contribution in [3.05, 3.63) is 36.5 Å². The fourth-order valence-corrected chi connectivity index (χ4v) is 7.93. The summed E-state index contributed by atoms with van der Waals surface area (Å²) in [7, 11) is -5.02. The molecule has 1 aliphatic carbocycles. The fraction of sp³-hybridized carbons (Fsp3) is 0.848. The Morgan fingerprint density at radius 3 is 1.49 bits per heavy atom. The van der Waals surface area contributed by atoms with E-state index in [-0.39, 0.29) is 13.0 Å². The third-order valence-electron chi connectivity index (χ3n) is 10.7. The Kier molecular flexibility index (Phi) is 35.0.